The average Bonchev–Trinajstić information content (AvgIpc) is 2.30. The fourth-order valence-corrected chi connectivity index (χ4v) is 1.32. The molecule has 0 fully saturated rings. The molecular weight excluding hydrogens is 206 g/mol. The molecule has 0 spiro atoms. The predicted octanol–water partition coefficient (Wildman–Crippen LogP) is 1.09. The summed E-state index contributed by atoms with van der Waals surface area (Å²) >= 11 is 0. The quantitative estimate of drug-likeness (QED) is 0.719. The number of hydrogen-bond donors (Lipinski definition) is 3. The van der Waals surface area contributed by atoms with Crippen LogP contribution in [0.2, 0.25) is 0 Å². The van der Waals surface area contributed by atoms with Crippen LogP contribution in [0.3, 0.4) is 0 Å². The highest BCUT2D eigenvalue weighted by molar-refractivity contribution is 5.37. The molecule has 1 aromatic heterocycles. The summed E-state index contributed by atoms with van der Waals surface area (Å²) in [6.07, 6.45) is 2.96. The zero-order valence-corrected chi connectivity index (χ0v) is 8.47. The van der Waals surface area contributed by atoms with Crippen molar-refractivity contribution in [2.45, 2.75) is 6.54 Å². The number of aromatic hydroxyl groups is 1. The predicted molar refractivity (Wildman–Crippen MR) is 60.3 cm³/mol. The van der Waals surface area contributed by atoms with E-state index in [1.165, 1.54) is 12.4 Å². The first-order chi connectivity index (χ1) is 7.77. The van der Waals surface area contributed by atoms with Crippen LogP contribution in [0.1, 0.15) is 5.56 Å². The summed E-state index contributed by atoms with van der Waals surface area (Å²) in [7, 11) is 0. The van der Waals surface area contributed by atoms with Gasteiger partial charge >= 0.3 is 0 Å². The van der Waals surface area contributed by atoms with Crippen LogP contribution in [0.15, 0.2) is 41.5 Å². The van der Waals surface area contributed by atoms with Gasteiger partial charge in [-0.3, -0.25) is 4.79 Å². The second kappa shape index (κ2) is 4.48. The van der Waals surface area contributed by atoms with Crippen LogP contribution in [-0.4, -0.2) is 15.1 Å². The number of nitrogens with one attached hydrogen (secondary N) is 2. The van der Waals surface area contributed by atoms with Gasteiger partial charge in [0.2, 0.25) is 0 Å². The smallest absolute Gasteiger partial charge is 0.290 e. The van der Waals surface area contributed by atoms with E-state index in [0.717, 1.165) is 0 Å². The van der Waals surface area contributed by atoms with E-state index in [2.05, 4.69) is 15.3 Å². The number of anilines is 1. The molecule has 0 saturated heterocycles. The van der Waals surface area contributed by atoms with E-state index in [9.17, 15) is 9.90 Å². The van der Waals surface area contributed by atoms with E-state index in [4.69, 9.17) is 0 Å². The standard InChI is InChI=1S/C11H11N3O2/c15-9-4-2-1-3-8(9)7-14-10-11(16)13-6-5-12-10/h1-6,15H,7H2,(H,12,14)(H,13,16). The maximum absolute atomic E-state index is 11.3. The molecule has 5 heteroatoms. The number of phenolic OH excluding ortho intramolecular Hbond substituents is 1. The third-order valence-electron chi connectivity index (χ3n) is 2.15. The minimum absolute atomic E-state index is 0.197. The Labute approximate surface area is 91.8 Å². The topological polar surface area (TPSA) is 78.0 Å². The molecule has 16 heavy (non-hydrogen) atoms. The molecule has 0 bridgehead atoms. The Morgan fingerprint density at radius 1 is 1.38 bits per heavy atom. The van der Waals surface area contributed by atoms with E-state index < -0.39 is 0 Å². The second-order valence-electron chi connectivity index (χ2n) is 3.25. The van der Waals surface area contributed by atoms with Crippen molar-refractivity contribution in [3.63, 3.8) is 0 Å². The number of hydrogen-bond acceptors (Lipinski definition) is 4. The lowest BCUT2D eigenvalue weighted by molar-refractivity contribution is 0.469. The van der Waals surface area contributed by atoms with Crippen molar-refractivity contribution in [3.8, 4) is 5.75 Å². The summed E-state index contributed by atoms with van der Waals surface area (Å²) in [5, 5.41) is 12.4. The van der Waals surface area contributed by atoms with Crippen molar-refractivity contribution in [2.24, 2.45) is 0 Å². The molecule has 3 N–H and O–H groups in total. The van der Waals surface area contributed by atoms with Crippen molar-refractivity contribution < 1.29 is 5.11 Å². The maximum atomic E-state index is 11.3. The molecule has 2 rings (SSSR count). The molecule has 0 unspecified atom stereocenters. The lowest BCUT2D eigenvalue weighted by atomic mass is 10.2. The minimum Gasteiger partial charge on any atom is -0.508 e. The van der Waals surface area contributed by atoms with Gasteiger partial charge in [0.15, 0.2) is 5.82 Å². The Balaban J connectivity index is 2.12. The molecule has 0 aliphatic carbocycles. The normalized spacial score (nSPS) is 10.0. The van der Waals surface area contributed by atoms with Gasteiger partial charge < -0.3 is 15.4 Å². The highest BCUT2D eigenvalue weighted by atomic mass is 16.3. The lowest BCUT2D eigenvalue weighted by Crippen LogP contribution is -2.15. The third kappa shape index (κ3) is 2.20. The van der Waals surface area contributed by atoms with Gasteiger partial charge in [0.1, 0.15) is 5.75 Å². The van der Waals surface area contributed by atoms with Crippen molar-refractivity contribution in [3.05, 3.63) is 52.6 Å². The lowest BCUT2D eigenvalue weighted by Gasteiger charge is -2.05. The van der Waals surface area contributed by atoms with Crippen LogP contribution < -0.4 is 10.9 Å². The van der Waals surface area contributed by atoms with Gasteiger partial charge in [0.05, 0.1) is 0 Å². The monoisotopic (exact) mass is 217 g/mol. The highest BCUT2D eigenvalue weighted by Gasteiger charge is 2.02. The van der Waals surface area contributed by atoms with E-state index in [-0.39, 0.29) is 17.1 Å². The summed E-state index contributed by atoms with van der Waals surface area (Å²) in [5.74, 6) is 0.438. The van der Waals surface area contributed by atoms with Crippen molar-refractivity contribution >= 4 is 5.82 Å². The van der Waals surface area contributed by atoms with Gasteiger partial charge in [-0.15, -0.1) is 0 Å². The van der Waals surface area contributed by atoms with Gasteiger partial charge in [0.25, 0.3) is 5.56 Å². The number of benzene rings is 1. The highest BCUT2D eigenvalue weighted by Crippen LogP contribution is 2.15. The Morgan fingerprint density at radius 3 is 2.94 bits per heavy atom. The summed E-state index contributed by atoms with van der Waals surface area (Å²) in [5.41, 5.74) is 0.436. The van der Waals surface area contributed by atoms with Crippen molar-refractivity contribution in [2.75, 3.05) is 5.32 Å². The molecule has 82 valence electrons. The van der Waals surface area contributed by atoms with Crippen LogP contribution in [0, 0.1) is 0 Å². The van der Waals surface area contributed by atoms with E-state index in [0.29, 0.717) is 12.1 Å². The zero-order valence-electron chi connectivity index (χ0n) is 8.47. The summed E-state index contributed by atoms with van der Waals surface area (Å²) in [6, 6.07) is 6.94. The molecule has 0 aliphatic heterocycles. The first kappa shape index (κ1) is 10.2. The largest absolute Gasteiger partial charge is 0.508 e. The summed E-state index contributed by atoms with van der Waals surface area (Å²) in [4.78, 5) is 17.7. The van der Waals surface area contributed by atoms with Gasteiger partial charge in [-0.05, 0) is 6.07 Å². The number of para-hydroxylation sites is 1. The number of rotatable bonds is 3. The van der Waals surface area contributed by atoms with Gasteiger partial charge in [-0.1, -0.05) is 18.2 Å². The Kier molecular flexibility index (Phi) is 2.86. The molecule has 2 aromatic rings. The molecule has 1 heterocycles. The van der Waals surface area contributed by atoms with Gasteiger partial charge in [0, 0.05) is 24.5 Å². The molecule has 0 radical (unpaired) electrons. The van der Waals surface area contributed by atoms with Gasteiger partial charge in [-0.2, -0.15) is 0 Å². The number of aromatic amines is 1. The van der Waals surface area contributed by atoms with Crippen LogP contribution >= 0.6 is 0 Å². The first-order valence-corrected chi connectivity index (χ1v) is 4.82. The molecule has 0 atom stereocenters. The number of phenols is 1. The Morgan fingerprint density at radius 2 is 2.19 bits per heavy atom. The Hall–Kier alpha value is -2.30. The van der Waals surface area contributed by atoms with E-state index in [1.807, 2.05) is 6.07 Å². The molecule has 0 aliphatic rings. The average molecular weight is 217 g/mol. The van der Waals surface area contributed by atoms with Crippen molar-refractivity contribution in [1.82, 2.24) is 9.97 Å². The van der Waals surface area contributed by atoms with Crippen LogP contribution in [0.4, 0.5) is 5.82 Å². The van der Waals surface area contributed by atoms with E-state index >= 15 is 0 Å². The van der Waals surface area contributed by atoms with Crippen molar-refractivity contribution in [1.29, 1.82) is 0 Å². The zero-order chi connectivity index (χ0) is 11.4. The molecule has 1 aromatic carbocycles. The minimum atomic E-state index is -0.280. The Bertz CT molecular complexity index is 537. The van der Waals surface area contributed by atoms with Gasteiger partial charge in [-0.25, -0.2) is 4.98 Å². The number of nitrogens with zero attached hydrogens (tertiary/aromatic N) is 1. The molecule has 0 amide bonds. The summed E-state index contributed by atoms with van der Waals surface area (Å²) in [6.45, 7) is 0.354. The van der Waals surface area contributed by atoms with Crippen LogP contribution in [0.25, 0.3) is 0 Å². The third-order valence-corrected chi connectivity index (χ3v) is 2.15. The number of aromatic nitrogens is 2. The number of H-pyrrole nitrogens is 1. The molecule has 0 saturated carbocycles. The van der Waals surface area contributed by atoms with Crippen LogP contribution in [0.5, 0.6) is 5.75 Å². The first-order valence-electron chi connectivity index (χ1n) is 4.82. The van der Waals surface area contributed by atoms with E-state index in [1.54, 1.807) is 18.2 Å². The fraction of sp³-hybridized carbons (Fsp3) is 0.0909. The SMILES string of the molecule is O=c1[nH]ccnc1NCc1ccccc1O. The van der Waals surface area contributed by atoms with Crippen LogP contribution in [-0.2, 0) is 6.54 Å². The maximum Gasteiger partial charge on any atom is 0.290 e. The molecule has 5 nitrogen and oxygen atoms in total. The molecular formula is C11H11N3O2. The fourth-order valence-electron chi connectivity index (χ4n) is 1.32. The second-order valence-corrected chi connectivity index (χ2v) is 3.25. The summed E-state index contributed by atoms with van der Waals surface area (Å²) < 4.78 is 0.